The van der Waals surface area contributed by atoms with E-state index in [1.165, 1.54) is 45.6 Å². The summed E-state index contributed by atoms with van der Waals surface area (Å²) in [5.41, 5.74) is 0.335. The lowest BCUT2D eigenvalue weighted by Gasteiger charge is -2.44. The fourth-order valence-corrected chi connectivity index (χ4v) is 2.59. The van der Waals surface area contributed by atoms with Gasteiger partial charge in [0.2, 0.25) is 0 Å². The van der Waals surface area contributed by atoms with Crippen LogP contribution in [0.5, 0.6) is 0 Å². The molecule has 0 aromatic carbocycles. The highest BCUT2D eigenvalue weighted by atomic mass is 15.3. The summed E-state index contributed by atoms with van der Waals surface area (Å²) in [7, 11) is 0. The van der Waals surface area contributed by atoms with Gasteiger partial charge in [0.05, 0.1) is 0 Å². The van der Waals surface area contributed by atoms with Crippen molar-refractivity contribution in [3.8, 4) is 0 Å². The Balaban J connectivity index is 1.70. The van der Waals surface area contributed by atoms with Gasteiger partial charge in [-0.2, -0.15) is 0 Å². The molecule has 1 aliphatic heterocycles. The first-order chi connectivity index (χ1) is 7.97. The zero-order valence-corrected chi connectivity index (χ0v) is 12.0. The lowest BCUT2D eigenvalue weighted by atomic mass is 10.0. The minimum Gasteiger partial charge on any atom is -0.312 e. The highest BCUT2D eigenvalue weighted by Crippen LogP contribution is 2.19. The van der Waals surface area contributed by atoms with Crippen molar-refractivity contribution in [2.24, 2.45) is 0 Å². The van der Waals surface area contributed by atoms with Crippen LogP contribution in [0.2, 0.25) is 0 Å². The van der Waals surface area contributed by atoms with Crippen molar-refractivity contribution in [1.82, 2.24) is 15.1 Å². The Morgan fingerprint density at radius 2 is 1.71 bits per heavy atom. The van der Waals surface area contributed by atoms with E-state index in [0.717, 1.165) is 6.04 Å². The normalized spacial score (nSPS) is 26.1. The van der Waals surface area contributed by atoms with Gasteiger partial charge in [-0.25, -0.2) is 0 Å². The molecule has 2 aliphatic rings. The van der Waals surface area contributed by atoms with E-state index in [-0.39, 0.29) is 0 Å². The molecule has 1 heterocycles. The van der Waals surface area contributed by atoms with Crippen LogP contribution < -0.4 is 5.32 Å². The standard InChI is InChI=1S/C14H29N3/c1-12(11-15-13-5-6-13)16-7-9-17(10-8-16)14(2,3)4/h12-13,15H,5-11H2,1-4H3. The number of hydrogen-bond acceptors (Lipinski definition) is 3. The van der Waals surface area contributed by atoms with Crippen molar-refractivity contribution in [2.75, 3.05) is 32.7 Å². The van der Waals surface area contributed by atoms with E-state index in [9.17, 15) is 0 Å². The zero-order chi connectivity index (χ0) is 12.5. The largest absolute Gasteiger partial charge is 0.312 e. The van der Waals surface area contributed by atoms with Crippen LogP contribution in [-0.2, 0) is 0 Å². The van der Waals surface area contributed by atoms with Gasteiger partial charge in [-0.15, -0.1) is 0 Å². The third kappa shape index (κ3) is 3.94. The van der Waals surface area contributed by atoms with E-state index in [1.807, 2.05) is 0 Å². The average Bonchev–Trinajstić information content (AvgIpc) is 3.09. The molecule has 100 valence electrons. The van der Waals surface area contributed by atoms with E-state index in [0.29, 0.717) is 11.6 Å². The van der Waals surface area contributed by atoms with Crippen LogP contribution in [0.3, 0.4) is 0 Å². The Bertz CT molecular complexity index is 234. The maximum absolute atomic E-state index is 3.64. The smallest absolute Gasteiger partial charge is 0.0193 e. The maximum Gasteiger partial charge on any atom is 0.0193 e. The first-order valence-electron chi connectivity index (χ1n) is 7.19. The van der Waals surface area contributed by atoms with E-state index < -0.39 is 0 Å². The summed E-state index contributed by atoms with van der Waals surface area (Å²) in [5, 5.41) is 3.64. The highest BCUT2D eigenvalue weighted by molar-refractivity contribution is 4.86. The molecular formula is C14H29N3. The fraction of sp³-hybridized carbons (Fsp3) is 1.00. The predicted molar refractivity (Wildman–Crippen MR) is 73.4 cm³/mol. The molecule has 0 radical (unpaired) electrons. The Kier molecular flexibility index (Phi) is 4.11. The SMILES string of the molecule is CC(CNC1CC1)N1CCN(C(C)(C)C)CC1. The Hall–Kier alpha value is -0.120. The van der Waals surface area contributed by atoms with Gasteiger partial charge in [-0.05, 0) is 40.5 Å². The van der Waals surface area contributed by atoms with Gasteiger partial charge in [0, 0.05) is 50.3 Å². The molecule has 0 amide bonds. The third-order valence-electron chi connectivity index (χ3n) is 4.17. The molecule has 3 nitrogen and oxygen atoms in total. The van der Waals surface area contributed by atoms with Crippen LogP contribution in [0.15, 0.2) is 0 Å². The molecule has 1 saturated carbocycles. The van der Waals surface area contributed by atoms with Gasteiger partial charge in [0.15, 0.2) is 0 Å². The lowest BCUT2D eigenvalue weighted by Crippen LogP contribution is -2.56. The Morgan fingerprint density at radius 1 is 1.12 bits per heavy atom. The quantitative estimate of drug-likeness (QED) is 0.803. The molecule has 2 fully saturated rings. The van der Waals surface area contributed by atoms with Gasteiger partial charge in [-0.3, -0.25) is 9.80 Å². The molecule has 0 bridgehead atoms. The molecule has 17 heavy (non-hydrogen) atoms. The van der Waals surface area contributed by atoms with E-state index in [1.54, 1.807) is 0 Å². The van der Waals surface area contributed by atoms with Crippen molar-refractivity contribution in [1.29, 1.82) is 0 Å². The minimum atomic E-state index is 0.335. The molecule has 0 aromatic heterocycles. The van der Waals surface area contributed by atoms with Gasteiger partial charge in [-0.1, -0.05) is 0 Å². The maximum atomic E-state index is 3.64. The monoisotopic (exact) mass is 239 g/mol. The Morgan fingerprint density at radius 3 is 2.18 bits per heavy atom. The van der Waals surface area contributed by atoms with Crippen molar-refractivity contribution in [3.63, 3.8) is 0 Å². The summed E-state index contributed by atoms with van der Waals surface area (Å²) in [6, 6.07) is 1.53. The Labute approximate surface area is 107 Å². The summed E-state index contributed by atoms with van der Waals surface area (Å²) < 4.78 is 0. The minimum absolute atomic E-state index is 0.335. The van der Waals surface area contributed by atoms with Crippen LogP contribution in [-0.4, -0.2) is 60.1 Å². The zero-order valence-electron chi connectivity index (χ0n) is 12.0. The summed E-state index contributed by atoms with van der Waals surface area (Å²) >= 11 is 0. The van der Waals surface area contributed by atoms with E-state index in [2.05, 4.69) is 42.8 Å². The first kappa shape index (κ1) is 13.3. The van der Waals surface area contributed by atoms with Gasteiger partial charge >= 0.3 is 0 Å². The second-order valence-corrected chi connectivity index (χ2v) is 6.73. The molecule has 0 spiro atoms. The number of hydrogen-bond donors (Lipinski definition) is 1. The topological polar surface area (TPSA) is 18.5 Å². The second-order valence-electron chi connectivity index (χ2n) is 6.73. The molecule has 1 atom stereocenters. The van der Waals surface area contributed by atoms with E-state index >= 15 is 0 Å². The average molecular weight is 239 g/mol. The molecule has 1 aliphatic carbocycles. The van der Waals surface area contributed by atoms with Gasteiger partial charge in [0.25, 0.3) is 0 Å². The van der Waals surface area contributed by atoms with Crippen molar-refractivity contribution in [3.05, 3.63) is 0 Å². The number of rotatable bonds is 4. The van der Waals surface area contributed by atoms with Crippen LogP contribution in [0, 0.1) is 0 Å². The molecule has 1 unspecified atom stereocenters. The summed E-state index contributed by atoms with van der Waals surface area (Å²) in [5.74, 6) is 0. The van der Waals surface area contributed by atoms with Crippen LogP contribution in [0.25, 0.3) is 0 Å². The van der Waals surface area contributed by atoms with Crippen LogP contribution in [0.4, 0.5) is 0 Å². The second kappa shape index (κ2) is 5.25. The number of nitrogens with one attached hydrogen (secondary N) is 1. The van der Waals surface area contributed by atoms with E-state index in [4.69, 9.17) is 0 Å². The lowest BCUT2D eigenvalue weighted by molar-refractivity contribution is 0.0456. The third-order valence-corrected chi connectivity index (χ3v) is 4.17. The first-order valence-corrected chi connectivity index (χ1v) is 7.19. The molecule has 0 aromatic rings. The molecule has 2 rings (SSSR count). The van der Waals surface area contributed by atoms with Crippen LogP contribution in [0.1, 0.15) is 40.5 Å². The summed E-state index contributed by atoms with van der Waals surface area (Å²) in [6.45, 7) is 15.4. The molecule has 3 heteroatoms. The van der Waals surface area contributed by atoms with Crippen molar-refractivity contribution < 1.29 is 0 Å². The van der Waals surface area contributed by atoms with Gasteiger partial charge < -0.3 is 5.32 Å². The fourth-order valence-electron chi connectivity index (χ4n) is 2.59. The number of nitrogens with zero attached hydrogens (tertiary/aromatic N) is 2. The molecular weight excluding hydrogens is 210 g/mol. The van der Waals surface area contributed by atoms with Gasteiger partial charge in [0.1, 0.15) is 0 Å². The number of piperazine rings is 1. The highest BCUT2D eigenvalue weighted by Gasteiger charge is 2.28. The van der Waals surface area contributed by atoms with Crippen molar-refractivity contribution in [2.45, 2.75) is 58.2 Å². The molecule has 1 saturated heterocycles. The molecule has 1 N–H and O–H groups in total. The van der Waals surface area contributed by atoms with Crippen LogP contribution >= 0.6 is 0 Å². The summed E-state index contributed by atoms with van der Waals surface area (Å²) in [6.07, 6.45) is 2.79. The predicted octanol–water partition coefficient (Wildman–Crippen LogP) is 1.54. The summed E-state index contributed by atoms with van der Waals surface area (Å²) in [4.78, 5) is 5.24. The van der Waals surface area contributed by atoms with Crippen molar-refractivity contribution >= 4 is 0 Å².